The van der Waals surface area contributed by atoms with Gasteiger partial charge in [-0.3, -0.25) is 0 Å². The van der Waals surface area contributed by atoms with E-state index in [9.17, 15) is 9.59 Å². The maximum absolute atomic E-state index is 10.7. The first kappa shape index (κ1) is 27.8. The molecule has 0 aromatic rings. The molecule has 0 atom stereocenters. The second kappa shape index (κ2) is 17.7. The van der Waals surface area contributed by atoms with E-state index in [2.05, 4.69) is 18.8 Å². The fourth-order valence-corrected chi connectivity index (χ4v) is 3.31. The molecule has 0 aromatic heterocycles. The van der Waals surface area contributed by atoms with Crippen LogP contribution in [0.3, 0.4) is 0 Å². The van der Waals surface area contributed by atoms with E-state index in [1.165, 1.54) is 0 Å². The van der Waals surface area contributed by atoms with Gasteiger partial charge >= 0.3 is 12.2 Å². The van der Waals surface area contributed by atoms with Crippen molar-refractivity contribution in [3.05, 3.63) is 12.5 Å². The Bertz CT molecular complexity index is 466. The van der Waals surface area contributed by atoms with Crippen LogP contribution < -0.4 is 22.5 Å². The van der Waals surface area contributed by atoms with Crippen molar-refractivity contribution in [1.29, 1.82) is 0 Å². The molecule has 0 spiro atoms. The lowest BCUT2D eigenvalue weighted by Gasteiger charge is -2.30. The van der Waals surface area contributed by atoms with E-state index in [1.807, 2.05) is 0 Å². The molecule has 176 valence electrons. The van der Waals surface area contributed by atoms with Gasteiger partial charge in [0.25, 0.3) is 0 Å². The quantitative estimate of drug-likeness (QED) is 0.171. The van der Waals surface area contributed by atoms with Gasteiger partial charge in [-0.15, -0.1) is 0 Å². The second-order valence-corrected chi connectivity index (χ2v) is 7.86. The minimum absolute atomic E-state index is 0.00310. The zero-order valence-electron chi connectivity index (χ0n) is 18.6. The Kier molecular flexibility index (Phi) is 16.4. The summed E-state index contributed by atoms with van der Waals surface area (Å²) in [5.74, 6) is 0.597. The van der Waals surface area contributed by atoms with Crippen LogP contribution in [0.1, 0.15) is 71.1 Å². The number of primary amides is 2. The predicted molar refractivity (Wildman–Crippen MR) is 117 cm³/mol. The van der Waals surface area contributed by atoms with Gasteiger partial charge in [0.2, 0.25) is 0 Å². The molecular formula is C21H42N4O5. The molecule has 0 heterocycles. The fourth-order valence-electron chi connectivity index (χ4n) is 3.31. The topological polar surface area (TPSA) is 152 Å². The molecule has 9 heteroatoms. The van der Waals surface area contributed by atoms with Gasteiger partial charge in [-0.2, -0.15) is 0 Å². The van der Waals surface area contributed by atoms with Gasteiger partial charge in [0.15, 0.2) is 5.88 Å². The Labute approximate surface area is 181 Å². The molecule has 0 rings (SSSR count). The number of hydrogen-bond donors (Lipinski definition) is 4. The van der Waals surface area contributed by atoms with Gasteiger partial charge in [0.1, 0.15) is 0 Å². The first-order valence-electron chi connectivity index (χ1n) is 10.9. The van der Waals surface area contributed by atoms with Gasteiger partial charge in [-0.05, 0) is 69.9 Å². The number of unbranched alkanes of at least 4 members (excludes halogenated alkanes) is 3. The lowest BCUT2D eigenvalue weighted by Crippen LogP contribution is -2.22. The molecule has 0 saturated carbocycles. The summed E-state index contributed by atoms with van der Waals surface area (Å²) in [5, 5.41) is 3.19. The highest BCUT2D eigenvalue weighted by atomic mass is 16.5. The van der Waals surface area contributed by atoms with Crippen molar-refractivity contribution in [2.24, 2.45) is 22.6 Å². The number of ether oxygens (including phenoxy) is 3. The molecule has 0 aliphatic carbocycles. The van der Waals surface area contributed by atoms with Crippen molar-refractivity contribution >= 4 is 12.2 Å². The van der Waals surface area contributed by atoms with Gasteiger partial charge in [-0.1, -0.05) is 19.8 Å². The lowest BCUT2D eigenvalue weighted by atomic mass is 9.77. The standard InChI is InChI=1S/C21H42N4O5/c1-18(25-14-6-4-3-5-13-22)28-15-7-10-21(2,11-8-16-29-19(23)26)12-9-17-30-20(24)27/h25H,1,3-17,22H2,2H3,(H2,23,26)(H2,24,27). The van der Waals surface area contributed by atoms with E-state index >= 15 is 0 Å². The van der Waals surface area contributed by atoms with Crippen LogP contribution in [-0.2, 0) is 14.2 Å². The third-order valence-electron chi connectivity index (χ3n) is 4.99. The number of nitrogens with two attached hydrogens (primary N) is 3. The molecule has 0 aliphatic rings. The molecule has 0 aliphatic heterocycles. The van der Waals surface area contributed by atoms with E-state index in [4.69, 9.17) is 31.4 Å². The smallest absolute Gasteiger partial charge is 0.404 e. The maximum atomic E-state index is 10.7. The van der Waals surface area contributed by atoms with Gasteiger partial charge in [0.05, 0.1) is 19.8 Å². The number of carbonyl (C=O) groups excluding carboxylic acids is 2. The number of carbonyl (C=O) groups is 2. The third kappa shape index (κ3) is 17.9. The van der Waals surface area contributed by atoms with Crippen LogP contribution in [0.2, 0.25) is 0 Å². The molecule has 30 heavy (non-hydrogen) atoms. The van der Waals surface area contributed by atoms with Gasteiger partial charge in [-0.25, -0.2) is 9.59 Å². The Morgan fingerprint density at radius 3 is 1.73 bits per heavy atom. The molecule has 0 fully saturated rings. The summed E-state index contributed by atoms with van der Waals surface area (Å²) in [6.45, 7) is 8.84. The van der Waals surface area contributed by atoms with E-state index in [0.717, 1.165) is 77.3 Å². The molecule has 2 amide bonds. The maximum Gasteiger partial charge on any atom is 0.404 e. The highest BCUT2D eigenvalue weighted by Gasteiger charge is 2.23. The Balaban J connectivity index is 4.13. The summed E-state index contributed by atoms with van der Waals surface area (Å²) in [6, 6.07) is 0. The van der Waals surface area contributed by atoms with Crippen molar-refractivity contribution < 1.29 is 23.8 Å². The lowest BCUT2D eigenvalue weighted by molar-refractivity contribution is 0.123. The molecule has 0 aromatic carbocycles. The third-order valence-corrected chi connectivity index (χ3v) is 4.99. The Morgan fingerprint density at radius 2 is 1.27 bits per heavy atom. The van der Waals surface area contributed by atoms with Crippen LogP contribution in [0.5, 0.6) is 0 Å². The second-order valence-electron chi connectivity index (χ2n) is 7.86. The number of rotatable bonds is 20. The van der Waals surface area contributed by atoms with Crippen LogP contribution in [0.25, 0.3) is 0 Å². The summed E-state index contributed by atoms with van der Waals surface area (Å²) in [6.07, 6.45) is 7.86. The first-order chi connectivity index (χ1) is 14.3. The summed E-state index contributed by atoms with van der Waals surface area (Å²) >= 11 is 0. The van der Waals surface area contributed by atoms with Crippen LogP contribution in [0, 0.1) is 5.41 Å². The molecule has 9 nitrogen and oxygen atoms in total. The average molecular weight is 431 g/mol. The van der Waals surface area contributed by atoms with Crippen molar-refractivity contribution in [1.82, 2.24) is 5.32 Å². The van der Waals surface area contributed by atoms with E-state index in [-0.39, 0.29) is 5.41 Å². The molecule has 0 saturated heterocycles. The SMILES string of the molecule is C=C(NCCCCCCN)OCCCC(C)(CCCOC(N)=O)CCCOC(N)=O. The van der Waals surface area contributed by atoms with E-state index in [0.29, 0.717) is 25.7 Å². The van der Waals surface area contributed by atoms with E-state index < -0.39 is 12.2 Å². The molecule has 0 bridgehead atoms. The zero-order chi connectivity index (χ0) is 22.7. The zero-order valence-corrected chi connectivity index (χ0v) is 18.6. The normalized spacial score (nSPS) is 11.0. The van der Waals surface area contributed by atoms with Crippen LogP contribution in [-0.4, -0.2) is 45.1 Å². The van der Waals surface area contributed by atoms with Gasteiger partial charge < -0.3 is 36.7 Å². The van der Waals surface area contributed by atoms with Crippen LogP contribution >= 0.6 is 0 Å². The fraction of sp³-hybridized carbons (Fsp3) is 0.810. The molecule has 7 N–H and O–H groups in total. The molecular weight excluding hydrogens is 388 g/mol. The number of hydrogen-bond acceptors (Lipinski definition) is 7. The number of amides is 2. The van der Waals surface area contributed by atoms with Crippen molar-refractivity contribution in [3.63, 3.8) is 0 Å². The van der Waals surface area contributed by atoms with E-state index in [1.54, 1.807) is 0 Å². The predicted octanol–water partition coefficient (Wildman–Crippen LogP) is 3.12. The monoisotopic (exact) mass is 430 g/mol. The van der Waals surface area contributed by atoms with Crippen LogP contribution in [0.4, 0.5) is 9.59 Å². The largest absolute Gasteiger partial charge is 0.480 e. The average Bonchev–Trinajstić information content (AvgIpc) is 2.68. The first-order valence-corrected chi connectivity index (χ1v) is 10.9. The number of nitrogens with one attached hydrogen (secondary N) is 1. The minimum Gasteiger partial charge on any atom is -0.480 e. The van der Waals surface area contributed by atoms with Crippen molar-refractivity contribution in [2.75, 3.05) is 32.9 Å². The molecule has 0 radical (unpaired) electrons. The Morgan fingerprint density at radius 1 is 0.800 bits per heavy atom. The van der Waals surface area contributed by atoms with Crippen molar-refractivity contribution in [3.8, 4) is 0 Å². The summed E-state index contributed by atoms with van der Waals surface area (Å²) in [4.78, 5) is 21.4. The molecule has 0 unspecified atom stereocenters. The summed E-state index contributed by atoms with van der Waals surface area (Å²) < 4.78 is 15.3. The minimum atomic E-state index is -0.759. The Hall–Kier alpha value is -2.16. The van der Waals surface area contributed by atoms with Gasteiger partial charge in [0, 0.05) is 6.54 Å². The summed E-state index contributed by atoms with van der Waals surface area (Å²) in [5.41, 5.74) is 15.5. The highest BCUT2D eigenvalue weighted by Crippen LogP contribution is 2.34. The summed E-state index contributed by atoms with van der Waals surface area (Å²) in [7, 11) is 0. The van der Waals surface area contributed by atoms with Crippen LogP contribution in [0.15, 0.2) is 12.5 Å². The van der Waals surface area contributed by atoms with Crippen molar-refractivity contribution in [2.45, 2.75) is 71.1 Å². The highest BCUT2D eigenvalue weighted by molar-refractivity contribution is 5.64.